The van der Waals surface area contributed by atoms with Crippen molar-refractivity contribution >= 4 is 41.3 Å². The van der Waals surface area contributed by atoms with E-state index in [1.165, 1.54) is 6.42 Å². The molecule has 3 heterocycles. The number of likely N-dealkylation sites (tertiary alicyclic amines) is 1. The van der Waals surface area contributed by atoms with Crippen LogP contribution in [0.5, 0.6) is 0 Å². The molecule has 1 aliphatic rings. The molecule has 2 aromatic rings. The number of piperidine rings is 1. The summed E-state index contributed by atoms with van der Waals surface area (Å²) >= 11 is 0.965. The molecule has 0 aromatic carbocycles. The fourth-order valence-electron chi connectivity index (χ4n) is 3.32. The van der Waals surface area contributed by atoms with E-state index in [1.807, 2.05) is 19.1 Å². The minimum Gasteiger partial charge on any atom is -0.468 e. The molecule has 6 nitrogen and oxygen atoms in total. The van der Waals surface area contributed by atoms with Crippen LogP contribution in [0.2, 0.25) is 0 Å². The van der Waals surface area contributed by atoms with Crippen molar-refractivity contribution in [3.05, 3.63) is 40.2 Å². The minimum atomic E-state index is -4.42. The van der Waals surface area contributed by atoms with E-state index in [-0.39, 0.29) is 36.6 Å². The lowest BCUT2D eigenvalue weighted by Crippen LogP contribution is -2.44. The number of hydrogen-bond acceptors (Lipinski definition) is 5. The first-order valence-electron chi connectivity index (χ1n) is 9.78. The fourth-order valence-corrected chi connectivity index (χ4v) is 4.04. The third kappa shape index (κ3) is 7.12. The first kappa shape index (κ1) is 24.9. The molecule has 1 saturated heterocycles. The van der Waals surface area contributed by atoms with Gasteiger partial charge >= 0.3 is 6.18 Å². The zero-order chi connectivity index (χ0) is 20.7. The van der Waals surface area contributed by atoms with Crippen LogP contribution in [0.1, 0.15) is 48.7 Å². The van der Waals surface area contributed by atoms with Gasteiger partial charge in [0, 0.05) is 18.5 Å². The van der Waals surface area contributed by atoms with Crippen LogP contribution < -0.4 is 10.6 Å². The summed E-state index contributed by atoms with van der Waals surface area (Å²) in [5.41, 5.74) is -0.867. The van der Waals surface area contributed by atoms with Crippen LogP contribution in [0, 0.1) is 0 Å². The Labute approximate surface area is 195 Å². The number of thiazole rings is 1. The third-order valence-corrected chi connectivity index (χ3v) is 5.56. The highest BCUT2D eigenvalue weighted by atomic mass is 127. The molecule has 2 N–H and O–H groups in total. The number of nitrogens with one attached hydrogen (secondary N) is 2. The summed E-state index contributed by atoms with van der Waals surface area (Å²) in [7, 11) is 0. The Hall–Kier alpha value is -1.34. The maximum atomic E-state index is 12.7. The van der Waals surface area contributed by atoms with Gasteiger partial charge in [0.2, 0.25) is 0 Å². The molecule has 1 fully saturated rings. The van der Waals surface area contributed by atoms with Gasteiger partial charge in [0.15, 0.2) is 11.7 Å². The molecule has 0 saturated carbocycles. The summed E-state index contributed by atoms with van der Waals surface area (Å²) in [6.07, 6.45) is 0.818. The van der Waals surface area contributed by atoms with Gasteiger partial charge in [-0.15, -0.1) is 35.3 Å². The van der Waals surface area contributed by atoms with Crippen molar-refractivity contribution in [2.75, 3.05) is 26.2 Å². The predicted molar refractivity (Wildman–Crippen MR) is 122 cm³/mol. The molecular weight excluding hydrogens is 530 g/mol. The van der Waals surface area contributed by atoms with Gasteiger partial charge in [0.05, 0.1) is 18.8 Å². The van der Waals surface area contributed by atoms with Gasteiger partial charge < -0.3 is 15.1 Å². The molecular formula is C19H27F3IN5OS. The van der Waals surface area contributed by atoms with E-state index >= 15 is 0 Å². The second-order valence-electron chi connectivity index (χ2n) is 6.83. The molecule has 3 rings (SSSR count). The van der Waals surface area contributed by atoms with Crippen molar-refractivity contribution in [3.8, 4) is 0 Å². The second-order valence-corrected chi connectivity index (χ2v) is 7.77. The topological polar surface area (TPSA) is 65.7 Å². The molecule has 1 aliphatic heterocycles. The molecule has 0 radical (unpaired) electrons. The van der Waals surface area contributed by atoms with E-state index in [1.54, 1.807) is 6.26 Å². The SMILES string of the molecule is CCNC(=NCc1nc(C(F)(F)F)cs1)NCC(c1ccco1)N1CCCCC1.I. The Balaban J connectivity index is 0.00000320. The summed E-state index contributed by atoms with van der Waals surface area (Å²) in [6, 6.07) is 3.93. The van der Waals surface area contributed by atoms with Crippen LogP contribution in [0.15, 0.2) is 33.2 Å². The number of halogens is 4. The Bertz CT molecular complexity index is 775. The van der Waals surface area contributed by atoms with Crippen LogP contribution in [0.3, 0.4) is 0 Å². The minimum absolute atomic E-state index is 0. The van der Waals surface area contributed by atoms with Crippen molar-refractivity contribution in [2.45, 2.75) is 44.9 Å². The number of nitrogens with zero attached hydrogens (tertiary/aromatic N) is 3. The zero-order valence-electron chi connectivity index (χ0n) is 16.7. The van der Waals surface area contributed by atoms with Gasteiger partial charge in [0.25, 0.3) is 0 Å². The number of alkyl halides is 3. The lowest BCUT2D eigenvalue weighted by atomic mass is 10.1. The predicted octanol–water partition coefficient (Wildman–Crippen LogP) is 4.66. The highest BCUT2D eigenvalue weighted by Crippen LogP contribution is 2.30. The van der Waals surface area contributed by atoms with Crippen molar-refractivity contribution < 1.29 is 17.6 Å². The fraction of sp³-hybridized carbons (Fsp3) is 0.579. The lowest BCUT2D eigenvalue weighted by Gasteiger charge is -2.33. The van der Waals surface area contributed by atoms with Gasteiger partial charge in [-0.1, -0.05) is 6.42 Å². The van der Waals surface area contributed by atoms with E-state index in [9.17, 15) is 13.2 Å². The monoisotopic (exact) mass is 557 g/mol. The van der Waals surface area contributed by atoms with Crippen molar-refractivity contribution in [2.24, 2.45) is 4.99 Å². The number of guanidine groups is 1. The third-order valence-electron chi connectivity index (χ3n) is 4.72. The van der Waals surface area contributed by atoms with Gasteiger partial charge in [-0.2, -0.15) is 13.2 Å². The van der Waals surface area contributed by atoms with E-state index in [4.69, 9.17) is 4.42 Å². The molecule has 0 spiro atoms. The standard InChI is InChI=1S/C19H26F3N5OS.HI/c1-2-23-18(25-12-17-26-16(13-29-17)19(20,21)22)24-11-14(15-7-6-10-28-15)27-8-4-3-5-9-27;/h6-7,10,13-14H,2-5,8-9,11-12H2,1H3,(H2,23,24,25);1H. The largest absolute Gasteiger partial charge is 0.468 e. The molecule has 30 heavy (non-hydrogen) atoms. The maximum Gasteiger partial charge on any atom is 0.434 e. The van der Waals surface area contributed by atoms with Crippen LogP contribution in [-0.4, -0.2) is 42.0 Å². The van der Waals surface area contributed by atoms with Crippen molar-refractivity contribution in [1.82, 2.24) is 20.5 Å². The Morgan fingerprint density at radius 2 is 2.07 bits per heavy atom. The zero-order valence-corrected chi connectivity index (χ0v) is 19.9. The molecule has 1 atom stereocenters. The summed E-state index contributed by atoms with van der Waals surface area (Å²) < 4.78 is 43.8. The van der Waals surface area contributed by atoms with Crippen LogP contribution in [0.25, 0.3) is 0 Å². The second kappa shape index (κ2) is 11.9. The van der Waals surface area contributed by atoms with E-state index in [0.29, 0.717) is 24.1 Å². The molecule has 11 heteroatoms. The van der Waals surface area contributed by atoms with Crippen LogP contribution in [0.4, 0.5) is 13.2 Å². The highest BCUT2D eigenvalue weighted by molar-refractivity contribution is 14.0. The number of aliphatic imine (C=N–C) groups is 1. The highest BCUT2D eigenvalue weighted by Gasteiger charge is 2.33. The molecule has 0 bridgehead atoms. The van der Waals surface area contributed by atoms with E-state index in [0.717, 1.165) is 48.4 Å². The van der Waals surface area contributed by atoms with Crippen LogP contribution >= 0.6 is 35.3 Å². The Morgan fingerprint density at radius 1 is 1.30 bits per heavy atom. The summed E-state index contributed by atoms with van der Waals surface area (Å²) in [5.74, 6) is 1.44. The van der Waals surface area contributed by atoms with E-state index < -0.39 is 11.9 Å². The van der Waals surface area contributed by atoms with Gasteiger partial charge in [0.1, 0.15) is 10.8 Å². The van der Waals surface area contributed by atoms with Crippen molar-refractivity contribution in [1.29, 1.82) is 0 Å². The number of aromatic nitrogens is 1. The van der Waals surface area contributed by atoms with Gasteiger partial charge in [-0.05, 0) is 45.0 Å². The maximum absolute atomic E-state index is 12.7. The average molecular weight is 557 g/mol. The molecule has 0 amide bonds. The number of furan rings is 1. The molecule has 168 valence electrons. The number of hydrogen-bond donors (Lipinski definition) is 2. The lowest BCUT2D eigenvalue weighted by molar-refractivity contribution is -0.140. The molecule has 1 unspecified atom stereocenters. The average Bonchev–Trinajstić information content (AvgIpc) is 3.39. The summed E-state index contributed by atoms with van der Waals surface area (Å²) in [4.78, 5) is 10.4. The van der Waals surface area contributed by atoms with Crippen molar-refractivity contribution in [3.63, 3.8) is 0 Å². The molecule has 2 aromatic heterocycles. The Morgan fingerprint density at radius 3 is 2.67 bits per heavy atom. The smallest absolute Gasteiger partial charge is 0.434 e. The first-order valence-corrected chi connectivity index (χ1v) is 10.7. The van der Waals surface area contributed by atoms with E-state index in [2.05, 4.69) is 25.5 Å². The van der Waals surface area contributed by atoms with Crippen LogP contribution in [-0.2, 0) is 12.7 Å². The van der Waals surface area contributed by atoms with Gasteiger partial charge in [-0.25, -0.2) is 9.98 Å². The first-order chi connectivity index (χ1) is 14.0. The van der Waals surface area contributed by atoms with Gasteiger partial charge in [-0.3, -0.25) is 4.90 Å². The molecule has 0 aliphatic carbocycles. The summed E-state index contributed by atoms with van der Waals surface area (Å²) in [6.45, 7) is 5.29. The summed E-state index contributed by atoms with van der Waals surface area (Å²) in [5, 5.41) is 7.79. The quantitative estimate of drug-likeness (QED) is 0.295. The normalized spacial score (nSPS) is 16.7. The Kier molecular flexibility index (Phi) is 9.88. The number of rotatable bonds is 7.